The van der Waals surface area contributed by atoms with Crippen molar-refractivity contribution in [3.63, 3.8) is 0 Å². The first-order chi connectivity index (χ1) is 10.2. The van der Waals surface area contributed by atoms with Gasteiger partial charge in [0.05, 0.1) is 12.6 Å². The smallest absolute Gasteiger partial charge is 0.223 e. The van der Waals surface area contributed by atoms with Gasteiger partial charge in [-0.1, -0.05) is 25.1 Å². The third-order valence-corrected chi connectivity index (χ3v) is 4.15. The van der Waals surface area contributed by atoms with Crippen LogP contribution < -0.4 is 10.1 Å². The fourth-order valence-electron chi connectivity index (χ4n) is 1.87. The number of para-hydroxylation sites is 1. The Labute approximate surface area is 129 Å². The number of hydrogen-bond acceptors (Lipinski definition) is 4. The van der Waals surface area contributed by atoms with Gasteiger partial charge in [0.2, 0.25) is 5.91 Å². The van der Waals surface area contributed by atoms with E-state index in [1.165, 1.54) is 0 Å². The van der Waals surface area contributed by atoms with Crippen molar-refractivity contribution in [2.24, 2.45) is 5.92 Å². The van der Waals surface area contributed by atoms with Gasteiger partial charge in [0.1, 0.15) is 10.8 Å². The van der Waals surface area contributed by atoms with Gasteiger partial charge in [0.15, 0.2) is 0 Å². The Bertz CT molecular complexity index is 543. The summed E-state index contributed by atoms with van der Waals surface area (Å²) in [5, 5.41) is 5.82. The highest BCUT2D eigenvalue weighted by atomic mass is 32.1. The van der Waals surface area contributed by atoms with E-state index >= 15 is 0 Å². The highest BCUT2D eigenvalue weighted by molar-refractivity contribution is 7.09. The molecule has 112 valence electrons. The molecule has 5 heteroatoms. The largest absolute Gasteiger partial charge is 0.494 e. The first-order valence-electron chi connectivity index (χ1n) is 7.04. The monoisotopic (exact) mass is 304 g/mol. The lowest BCUT2D eigenvalue weighted by Gasteiger charge is -2.16. The van der Waals surface area contributed by atoms with Crippen LogP contribution in [0.3, 0.4) is 0 Å². The number of rotatable bonds is 7. The molecule has 1 N–H and O–H groups in total. The molecule has 1 heterocycles. The maximum Gasteiger partial charge on any atom is 0.223 e. The summed E-state index contributed by atoms with van der Waals surface area (Å²) in [4.78, 5) is 16.3. The molecule has 0 radical (unpaired) electrons. The highest BCUT2D eigenvalue weighted by Gasteiger charge is 2.17. The summed E-state index contributed by atoms with van der Waals surface area (Å²) in [7, 11) is 0. The van der Waals surface area contributed by atoms with E-state index in [0.29, 0.717) is 13.0 Å². The molecule has 0 saturated heterocycles. The lowest BCUT2D eigenvalue weighted by molar-refractivity contribution is -0.125. The minimum absolute atomic E-state index is 0.0364. The van der Waals surface area contributed by atoms with Crippen LogP contribution in [0.2, 0.25) is 0 Å². The molecule has 2 rings (SSSR count). The fourth-order valence-corrected chi connectivity index (χ4v) is 2.51. The van der Waals surface area contributed by atoms with Gasteiger partial charge in [0, 0.05) is 17.5 Å². The first-order valence-corrected chi connectivity index (χ1v) is 7.92. The van der Waals surface area contributed by atoms with E-state index in [4.69, 9.17) is 4.74 Å². The number of hydrogen-bond donors (Lipinski definition) is 1. The molecular formula is C16H20N2O2S. The maximum atomic E-state index is 12.1. The van der Waals surface area contributed by atoms with Crippen molar-refractivity contribution in [2.75, 3.05) is 6.61 Å². The molecule has 4 nitrogen and oxygen atoms in total. The predicted molar refractivity (Wildman–Crippen MR) is 84.4 cm³/mol. The molecule has 21 heavy (non-hydrogen) atoms. The van der Waals surface area contributed by atoms with Crippen LogP contribution in [0.5, 0.6) is 5.75 Å². The average Bonchev–Trinajstić information content (AvgIpc) is 3.02. The Morgan fingerprint density at radius 3 is 2.76 bits per heavy atom. The zero-order chi connectivity index (χ0) is 15.1. The van der Waals surface area contributed by atoms with Gasteiger partial charge < -0.3 is 10.1 Å². The van der Waals surface area contributed by atoms with Crippen molar-refractivity contribution in [2.45, 2.75) is 26.3 Å². The molecule has 0 unspecified atom stereocenters. The van der Waals surface area contributed by atoms with Crippen LogP contribution in [0.1, 0.15) is 31.3 Å². The van der Waals surface area contributed by atoms with Crippen LogP contribution in [0, 0.1) is 5.92 Å². The predicted octanol–water partition coefficient (Wildman–Crippen LogP) is 3.43. The van der Waals surface area contributed by atoms with E-state index < -0.39 is 0 Å². The molecule has 0 spiro atoms. The standard InChI is InChI=1S/C16H20N2O2S/c1-12(8-10-20-14-6-4-3-5-7-14)15(19)18-13(2)16-17-9-11-21-16/h3-7,9,11-13H,8,10H2,1-2H3,(H,18,19)/t12-,13+/m1/s1. The van der Waals surface area contributed by atoms with Crippen molar-refractivity contribution in [1.29, 1.82) is 0 Å². The second kappa shape index (κ2) is 7.78. The minimum atomic E-state index is -0.0869. The van der Waals surface area contributed by atoms with Crippen molar-refractivity contribution in [3.8, 4) is 5.75 Å². The number of carbonyl (C=O) groups is 1. The number of nitrogens with one attached hydrogen (secondary N) is 1. The summed E-state index contributed by atoms with van der Waals surface area (Å²) in [6.07, 6.45) is 2.44. The van der Waals surface area contributed by atoms with Crippen LogP contribution in [0.4, 0.5) is 0 Å². The molecule has 1 aromatic carbocycles. The number of amides is 1. The highest BCUT2D eigenvalue weighted by Crippen LogP contribution is 2.16. The molecule has 0 aliphatic rings. The van der Waals surface area contributed by atoms with Crippen LogP contribution >= 0.6 is 11.3 Å². The summed E-state index contributed by atoms with van der Waals surface area (Å²) in [5.74, 6) is 0.784. The Kier molecular flexibility index (Phi) is 5.75. The summed E-state index contributed by atoms with van der Waals surface area (Å²) in [6, 6.07) is 9.59. The van der Waals surface area contributed by atoms with E-state index in [1.807, 2.05) is 49.6 Å². The Hall–Kier alpha value is -1.88. The van der Waals surface area contributed by atoms with Gasteiger partial charge in [-0.2, -0.15) is 0 Å². The van der Waals surface area contributed by atoms with Crippen molar-refractivity contribution in [1.82, 2.24) is 10.3 Å². The van der Waals surface area contributed by atoms with E-state index in [2.05, 4.69) is 10.3 Å². The van der Waals surface area contributed by atoms with Gasteiger partial charge in [-0.3, -0.25) is 4.79 Å². The summed E-state index contributed by atoms with van der Waals surface area (Å²) in [6.45, 7) is 4.40. The summed E-state index contributed by atoms with van der Waals surface area (Å²) >= 11 is 1.55. The zero-order valence-corrected chi connectivity index (χ0v) is 13.1. The SMILES string of the molecule is C[C@H](CCOc1ccccc1)C(=O)N[C@@H](C)c1nccs1. The van der Waals surface area contributed by atoms with Gasteiger partial charge in [-0.25, -0.2) is 4.98 Å². The molecule has 0 aliphatic heterocycles. The van der Waals surface area contributed by atoms with Crippen LogP contribution in [0.15, 0.2) is 41.9 Å². The maximum absolute atomic E-state index is 12.1. The number of carbonyl (C=O) groups excluding carboxylic acids is 1. The van der Waals surface area contributed by atoms with Gasteiger partial charge in [-0.05, 0) is 25.5 Å². The molecule has 2 aromatic rings. The Morgan fingerprint density at radius 2 is 2.10 bits per heavy atom. The number of thiazole rings is 1. The number of benzene rings is 1. The summed E-state index contributed by atoms with van der Waals surface area (Å²) in [5.41, 5.74) is 0. The summed E-state index contributed by atoms with van der Waals surface area (Å²) < 4.78 is 5.61. The fraction of sp³-hybridized carbons (Fsp3) is 0.375. The van der Waals surface area contributed by atoms with E-state index in [-0.39, 0.29) is 17.9 Å². The van der Waals surface area contributed by atoms with E-state index in [9.17, 15) is 4.79 Å². The van der Waals surface area contributed by atoms with Crippen molar-refractivity contribution in [3.05, 3.63) is 46.9 Å². The average molecular weight is 304 g/mol. The Balaban J connectivity index is 1.72. The first kappa shape index (κ1) is 15.5. The lowest BCUT2D eigenvalue weighted by atomic mass is 10.1. The van der Waals surface area contributed by atoms with Crippen molar-refractivity contribution >= 4 is 17.2 Å². The second-order valence-corrected chi connectivity index (χ2v) is 5.88. The van der Waals surface area contributed by atoms with Crippen molar-refractivity contribution < 1.29 is 9.53 Å². The number of nitrogens with zero attached hydrogens (tertiary/aromatic N) is 1. The lowest BCUT2D eigenvalue weighted by Crippen LogP contribution is -2.32. The Morgan fingerprint density at radius 1 is 1.33 bits per heavy atom. The van der Waals surface area contributed by atoms with Crippen LogP contribution in [-0.2, 0) is 4.79 Å². The topological polar surface area (TPSA) is 51.2 Å². The zero-order valence-electron chi connectivity index (χ0n) is 12.3. The molecule has 0 fully saturated rings. The molecule has 0 aliphatic carbocycles. The van der Waals surface area contributed by atoms with Gasteiger partial charge in [-0.15, -0.1) is 11.3 Å². The number of aromatic nitrogens is 1. The molecular weight excluding hydrogens is 284 g/mol. The molecule has 0 bridgehead atoms. The molecule has 2 atom stereocenters. The molecule has 1 aromatic heterocycles. The third-order valence-electron chi connectivity index (χ3n) is 3.19. The van der Waals surface area contributed by atoms with Crippen LogP contribution in [0.25, 0.3) is 0 Å². The van der Waals surface area contributed by atoms with Gasteiger partial charge >= 0.3 is 0 Å². The minimum Gasteiger partial charge on any atom is -0.494 e. The number of ether oxygens (including phenoxy) is 1. The van der Waals surface area contributed by atoms with Crippen LogP contribution in [-0.4, -0.2) is 17.5 Å². The normalized spacial score (nSPS) is 13.4. The van der Waals surface area contributed by atoms with Gasteiger partial charge in [0.25, 0.3) is 0 Å². The quantitative estimate of drug-likeness (QED) is 0.852. The third kappa shape index (κ3) is 4.86. The van der Waals surface area contributed by atoms with E-state index in [1.54, 1.807) is 17.5 Å². The van der Waals surface area contributed by atoms with E-state index in [0.717, 1.165) is 10.8 Å². The molecule has 0 saturated carbocycles. The second-order valence-electron chi connectivity index (χ2n) is 4.95. The molecule has 1 amide bonds.